The van der Waals surface area contributed by atoms with Crippen LogP contribution in [-0.2, 0) is 35.1 Å². The predicted molar refractivity (Wildman–Crippen MR) is 189 cm³/mol. The molecule has 0 radical (unpaired) electrons. The lowest BCUT2D eigenvalue weighted by atomic mass is 9.89. The zero-order chi connectivity index (χ0) is 35.9. The van der Waals surface area contributed by atoms with Crippen LogP contribution in [0.1, 0.15) is 85.6 Å². The van der Waals surface area contributed by atoms with E-state index in [1.54, 1.807) is 33.0 Å². The van der Waals surface area contributed by atoms with Crippen molar-refractivity contribution < 1.29 is 28.7 Å². The quantitative estimate of drug-likeness (QED) is 0.181. The van der Waals surface area contributed by atoms with E-state index in [2.05, 4.69) is 31.4 Å². The number of methoxy groups -OCH3 is 2. The van der Waals surface area contributed by atoms with Gasteiger partial charge >= 0.3 is 0 Å². The molecule has 0 aliphatic carbocycles. The van der Waals surface area contributed by atoms with Crippen LogP contribution in [0.15, 0.2) is 30.3 Å². The number of carbonyl (C=O) groups excluding carboxylic acids is 4. The van der Waals surface area contributed by atoms with E-state index in [4.69, 9.17) is 15.2 Å². The van der Waals surface area contributed by atoms with Crippen LogP contribution in [0.2, 0.25) is 0 Å². The number of nitrogens with two attached hydrogens (primary N) is 1. The van der Waals surface area contributed by atoms with Gasteiger partial charge in [-0.25, -0.2) is 0 Å². The van der Waals surface area contributed by atoms with E-state index in [1.165, 1.54) is 0 Å². The molecule has 1 aromatic rings. The molecule has 6 unspecified atom stereocenters. The predicted octanol–water partition coefficient (Wildman–Crippen LogP) is 3.54. The normalized spacial score (nSPS) is 18.0. The molecular weight excluding hydrogens is 610 g/mol. The Kier molecular flexibility index (Phi) is 17.6. The van der Waals surface area contributed by atoms with Crippen LogP contribution in [0.5, 0.6) is 0 Å². The third-order valence-corrected chi connectivity index (χ3v) is 9.98. The highest BCUT2D eigenvalue weighted by molar-refractivity contribution is 5.88. The van der Waals surface area contributed by atoms with E-state index in [-0.39, 0.29) is 61.1 Å². The monoisotopic (exact) mass is 673 g/mol. The number of nitrogens with zero attached hydrogens (tertiary/aromatic N) is 2. The molecule has 11 heteroatoms. The first-order chi connectivity index (χ1) is 22.9. The fourth-order valence-electron chi connectivity index (χ4n) is 6.53. The first-order valence-electron chi connectivity index (χ1n) is 17.8. The van der Waals surface area contributed by atoms with Gasteiger partial charge in [0.25, 0.3) is 0 Å². The largest absolute Gasteiger partial charge is 0.379 e. The highest BCUT2D eigenvalue weighted by Gasteiger charge is 2.42. The second-order valence-corrected chi connectivity index (χ2v) is 13.9. The zero-order valence-electron chi connectivity index (χ0n) is 30.8. The minimum atomic E-state index is -0.793. The molecule has 0 bridgehead atoms. The van der Waals surface area contributed by atoms with Gasteiger partial charge in [-0.2, -0.15) is 0 Å². The Morgan fingerprint density at radius 1 is 1.06 bits per heavy atom. The fourth-order valence-corrected chi connectivity index (χ4v) is 6.53. The smallest absolute Gasteiger partial charge is 0.242 e. The zero-order valence-corrected chi connectivity index (χ0v) is 30.8. The van der Waals surface area contributed by atoms with Crippen LogP contribution in [0, 0.1) is 17.3 Å². The molecule has 1 aliphatic rings. The lowest BCUT2D eigenvalue weighted by Crippen LogP contribution is -2.56. The van der Waals surface area contributed by atoms with Crippen molar-refractivity contribution in [3.05, 3.63) is 35.9 Å². The van der Waals surface area contributed by atoms with Crippen molar-refractivity contribution in [3.63, 3.8) is 0 Å². The molecule has 4 amide bonds. The van der Waals surface area contributed by atoms with E-state index in [9.17, 15) is 19.2 Å². The summed E-state index contributed by atoms with van der Waals surface area (Å²) in [5.41, 5.74) is 6.13. The van der Waals surface area contributed by atoms with E-state index >= 15 is 0 Å². The van der Waals surface area contributed by atoms with Crippen molar-refractivity contribution in [2.45, 2.75) is 111 Å². The first kappa shape index (κ1) is 41.2. The molecule has 1 aromatic carbocycles. The third kappa shape index (κ3) is 11.6. The van der Waals surface area contributed by atoms with Crippen molar-refractivity contribution in [1.82, 2.24) is 20.4 Å². The number of rotatable bonds is 21. The second kappa shape index (κ2) is 20.5. The maximum atomic E-state index is 14.1. The summed E-state index contributed by atoms with van der Waals surface area (Å²) in [6.45, 7) is 13.1. The van der Waals surface area contributed by atoms with E-state index in [0.29, 0.717) is 19.6 Å². The molecular formula is C37H63N5O6. The van der Waals surface area contributed by atoms with Gasteiger partial charge in [0.2, 0.25) is 23.6 Å². The molecule has 1 aliphatic heterocycles. The summed E-state index contributed by atoms with van der Waals surface area (Å²) < 4.78 is 11.9. The molecule has 48 heavy (non-hydrogen) atoms. The van der Waals surface area contributed by atoms with E-state index in [0.717, 1.165) is 44.1 Å². The maximum Gasteiger partial charge on any atom is 0.242 e. The average Bonchev–Trinajstić information content (AvgIpc) is 3.58. The number of nitrogens with one attached hydrogen (secondary N) is 2. The van der Waals surface area contributed by atoms with Gasteiger partial charge in [-0.15, -0.1) is 0 Å². The summed E-state index contributed by atoms with van der Waals surface area (Å²) >= 11 is 0. The molecule has 0 aromatic heterocycles. The topological polar surface area (TPSA) is 143 Å². The molecule has 0 saturated carbocycles. The highest BCUT2D eigenvalue weighted by atomic mass is 16.5. The van der Waals surface area contributed by atoms with Gasteiger partial charge < -0.3 is 35.6 Å². The molecule has 0 spiro atoms. The van der Waals surface area contributed by atoms with Crippen molar-refractivity contribution >= 4 is 23.6 Å². The molecule has 1 saturated heterocycles. The molecule has 6 atom stereocenters. The van der Waals surface area contributed by atoms with Crippen molar-refractivity contribution in [1.29, 1.82) is 0 Å². The van der Waals surface area contributed by atoms with Crippen LogP contribution >= 0.6 is 0 Å². The Balaban J connectivity index is 2.20. The first-order valence-corrected chi connectivity index (χ1v) is 17.8. The van der Waals surface area contributed by atoms with Crippen LogP contribution in [0.4, 0.5) is 0 Å². The molecule has 2 rings (SSSR count). The summed E-state index contributed by atoms with van der Waals surface area (Å²) in [4.78, 5) is 57.4. The Labute approximate surface area is 289 Å². The Morgan fingerprint density at radius 3 is 2.33 bits per heavy atom. The summed E-state index contributed by atoms with van der Waals surface area (Å²) in [5.74, 6) is -1.11. The van der Waals surface area contributed by atoms with Gasteiger partial charge in [0.15, 0.2) is 0 Å². The Hall–Kier alpha value is -3.02. The van der Waals surface area contributed by atoms with Crippen LogP contribution in [-0.4, -0.2) is 105 Å². The van der Waals surface area contributed by atoms with Gasteiger partial charge in [-0.05, 0) is 51.0 Å². The number of likely N-dealkylation sites (tertiary alicyclic amines) is 1. The van der Waals surface area contributed by atoms with E-state index in [1.807, 2.05) is 42.2 Å². The molecule has 4 N–H and O–H groups in total. The SMILES string of the molecule is CCCCN(C(=O)CNC(=O)C(C)(C)CN)C(C(C)CC)C(CC(=O)N1CCCC1C(OC)C(C)C(=O)NCCc1ccccc1)OC. The molecule has 1 fully saturated rings. The van der Waals surface area contributed by atoms with Crippen molar-refractivity contribution in [2.75, 3.05) is 46.9 Å². The number of carbonyl (C=O) groups is 4. The number of unbranched alkanes of at least 4 members (excludes halogenated alkanes) is 1. The number of amides is 4. The van der Waals surface area contributed by atoms with E-state index < -0.39 is 23.5 Å². The minimum absolute atomic E-state index is 0.0282. The lowest BCUT2D eigenvalue weighted by molar-refractivity contribution is -0.147. The average molecular weight is 674 g/mol. The maximum absolute atomic E-state index is 14.1. The van der Waals surface area contributed by atoms with Gasteiger partial charge in [-0.1, -0.05) is 70.9 Å². The summed E-state index contributed by atoms with van der Waals surface area (Å²) in [6.07, 6.45) is 3.76. The molecule has 1 heterocycles. The fraction of sp³-hybridized carbons (Fsp3) is 0.730. The number of hydrogen-bond acceptors (Lipinski definition) is 7. The summed E-state index contributed by atoms with van der Waals surface area (Å²) in [5, 5.41) is 5.82. The molecule has 272 valence electrons. The van der Waals surface area contributed by atoms with Crippen LogP contribution < -0.4 is 16.4 Å². The van der Waals surface area contributed by atoms with Crippen molar-refractivity contribution in [2.24, 2.45) is 23.0 Å². The number of benzene rings is 1. The minimum Gasteiger partial charge on any atom is -0.379 e. The van der Waals surface area contributed by atoms with Crippen LogP contribution in [0.25, 0.3) is 0 Å². The van der Waals surface area contributed by atoms with Gasteiger partial charge in [0, 0.05) is 40.4 Å². The van der Waals surface area contributed by atoms with Crippen LogP contribution in [0.3, 0.4) is 0 Å². The second-order valence-electron chi connectivity index (χ2n) is 13.9. The summed E-state index contributed by atoms with van der Waals surface area (Å²) in [7, 11) is 3.18. The summed E-state index contributed by atoms with van der Waals surface area (Å²) in [6, 6.07) is 9.38. The standard InChI is InChI=1S/C37H63N5O6/c1-9-11-21-42(32(44)24-40-36(46)37(5,6)25-38)33(26(3)10-2)30(47-7)23-31(43)41-22-15-18-29(41)34(48-8)27(4)35(45)39-20-19-28-16-13-12-14-17-28/h12-14,16-17,26-27,29-30,33-34H,9-11,15,18-25,38H2,1-8H3,(H,39,45)(H,40,46). The highest BCUT2D eigenvalue weighted by Crippen LogP contribution is 2.29. The van der Waals surface area contributed by atoms with Crippen molar-refractivity contribution in [3.8, 4) is 0 Å². The Morgan fingerprint density at radius 2 is 1.75 bits per heavy atom. The Bertz CT molecular complexity index is 1150. The third-order valence-electron chi connectivity index (χ3n) is 9.98. The number of ether oxygens (including phenoxy) is 2. The van der Waals surface area contributed by atoms with Gasteiger partial charge in [0.05, 0.1) is 48.6 Å². The number of hydrogen-bond donors (Lipinski definition) is 3. The van der Waals surface area contributed by atoms with Gasteiger partial charge in [0.1, 0.15) is 0 Å². The lowest BCUT2D eigenvalue weighted by Gasteiger charge is -2.41. The van der Waals surface area contributed by atoms with Gasteiger partial charge in [-0.3, -0.25) is 19.2 Å². The molecule has 11 nitrogen and oxygen atoms in total.